The molecule has 0 spiro atoms. The highest BCUT2D eigenvalue weighted by atomic mass is 19.4. The number of alkyl halides is 3. The van der Waals surface area contributed by atoms with Gasteiger partial charge in [-0.25, -0.2) is 18.6 Å². The first-order valence-electron chi connectivity index (χ1n) is 10.5. The van der Waals surface area contributed by atoms with Crippen molar-refractivity contribution in [3.63, 3.8) is 0 Å². The summed E-state index contributed by atoms with van der Waals surface area (Å²) in [5.74, 6) is -2.14. The summed E-state index contributed by atoms with van der Waals surface area (Å²) in [5.41, 5.74) is -2.45. The number of para-hydroxylation sites is 1. The van der Waals surface area contributed by atoms with Gasteiger partial charge < -0.3 is 16.0 Å². The van der Waals surface area contributed by atoms with Gasteiger partial charge in [0.25, 0.3) is 5.56 Å². The minimum atomic E-state index is -4.74. The summed E-state index contributed by atoms with van der Waals surface area (Å²) >= 11 is 0. The molecule has 2 aromatic carbocycles. The molecule has 4 rings (SSSR count). The highest BCUT2D eigenvalue weighted by Gasteiger charge is 2.31. The van der Waals surface area contributed by atoms with Crippen molar-refractivity contribution in [1.82, 2.24) is 9.55 Å². The molecule has 2 amide bonds. The average Bonchev–Trinajstić information content (AvgIpc) is 2.82. The number of hydrogen-bond acceptors (Lipinski definition) is 4. The number of pyridine rings is 2. The molecule has 0 aliphatic rings. The molecule has 0 atom stereocenters. The molecule has 186 valence electrons. The minimum Gasteiger partial charge on any atom is -0.373 e. The third-order valence-electron chi connectivity index (χ3n) is 5.21. The lowest BCUT2D eigenvalue weighted by Crippen LogP contribution is -2.27. The van der Waals surface area contributed by atoms with Gasteiger partial charge in [-0.05, 0) is 29.7 Å². The fraction of sp³-hybridized carbons (Fsp3) is 0.125. The van der Waals surface area contributed by atoms with Crippen molar-refractivity contribution >= 4 is 34.0 Å². The van der Waals surface area contributed by atoms with E-state index < -0.39 is 52.8 Å². The highest BCUT2D eigenvalue weighted by molar-refractivity contribution is 6.00. The van der Waals surface area contributed by atoms with E-state index in [0.29, 0.717) is 16.3 Å². The third-order valence-corrected chi connectivity index (χ3v) is 5.21. The average molecular weight is 503 g/mol. The van der Waals surface area contributed by atoms with E-state index in [1.54, 1.807) is 30.3 Å². The lowest BCUT2D eigenvalue weighted by atomic mass is 10.1. The first kappa shape index (κ1) is 24.6. The maximum absolute atomic E-state index is 14.8. The minimum absolute atomic E-state index is 0.0176. The first-order chi connectivity index (χ1) is 17.1. The van der Waals surface area contributed by atoms with E-state index in [-0.39, 0.29) is 16.6 Å². The van der Waals surface area contributed by atoms with Crippen LogP contribution in [0.5, 0.6) is 0 Å². The summed E-state index contributed by atoms with van der Waals surface area (Å²) in [4.78, 5) is 29.5. The first-order valence-corrected chi connectivity index (χ1v) is 10.5. The summed E-state index contributed by atoms with van der Waals surface area (Å²) in [7, 11) is 1.51. The quantitative estimate of drug-likeness (QED) is 0.316. The summed E-state index contributed by atoms with van der Waals surface area (Å²) < 4.78 is 69.9. The van der Waals surface area contributed by atoms with E-state index in [1.807, 2.05) is 0 Å². The van der Waals surface area contributed by atoms with Gasteiger partial charge in [0.1, 0.15) is 17.5 Å². The lowest BCUT2D eigenvalue weighted by molar-refractivity contribution is -0.127. The van der Waals surface area contributed by atoms with Crippen LogP contribution in [0.1, 0.15) is 5.56 Å². The van der Waals surface area contributed by atoms with Gasteiger partial charge in [0.15, 0.2) is 0 Å². The number of urea groups is 1. The van der Waals surface area contributed by atoms with Gasteiger partial charge in [-0.1, -0.05) is 18.2 Å². The van der Waals surface area contributed by atoms with Crippen molar-refractivity contribution in [1.29, 1.82) is 0 Å². The molecule has 4 aromatic rings. The topological polar surface area (TPSA) is 88.0 Å². The van der Waals surface area contributed by atoms with Gasteiger partial charge in [-0.3, -0.25) is 9.36 Å². The van der Waals surface area contributed by atoms with Crippen molar-refractivity contribution in [3.05, 3.63) is 88.5 Å². The normalized spacial score (nSPS) is 11.4. The van der Waals surface area contributed by atoms with E-state index in [0.717, 1.165) is 12.3 Å². The molecule has 0 radical (unpaired) electrons. The molecule has 0 saturated carbocycles. The lowest BCUT2D eigenvalue weighted by Gasteiger charge is -2.16. The Bertz CT molecular complexity index is 1500. The Balaban J connectivity index is 1.81. The van der Waals surface area contributed by atoms with Crippen LogP contribution in [-0.2, 0) is 6.42 Å². The molecule has 0 fully saturated rings. The number of hydrogen-bond donors (Lipinski definition) is 3. The number of carbonyl (C=O) groups is 1. The molecular weight excluding hydrogens is 485 g/mol. The molecule has 0 aliphatic heterocycles. The summed E-state index contributed by atoms with van der Waals surface area (Å²) in [5, 5.41) is 7.45. The van der Waals surface area contributed by atoms with Gasteiger partial charge in [-0.15, -0.1) is 0 Å². The van der Waals surface area contributed by atoms with Crippen molar-refractivity contribution in [2.75, 3.05) is 23.0 Å². The van der Waals surface area contributed by atoms with Gasteiger partial charge in [-0.2, -0.15) is 13.2 Å². The highest BCUT2D eigenvalue weighted by Crippen LogP contribution is 2.28. The van der Waals surface area contributed by atoms with Crippen LogP contribution >= 0.6 is 0 Å². The van der Waals surface area contributed by atoms with Crippen LogP contribution in [0.25, 0.3) is 16.5 Å². The monoisotopic (exact) mass is 503 g/mol. The number of halogens is 5. The van der Waals surface area contributed by atoms with E-state index in [9.17, 15) is 31.5 Å². The second-order valence-electron chi connectivity index (χ2n) is 7.71. The van der Waals surface area contributed by atoms with Crippen molar-refractivity contribution in [2.45, 2.75) is 12.6 Å². The van der Waals surface area contributed by atoms with Crippen LogP contribution in [0, 0.1) is 11.6 Å². The molecule has 2 heterocycles. The second kappa shape index (κ2) is 9.64. The standard InChI is InChI=1S/C24H18F5N5O2/c1-30-21-7-15-13(11-31-21)12-34(22(35)16(15)10-24(27,28)29)20-9-19(17(25)8-18(20)26)33-23(36)32-14-5-3-2-4-6-14/h2-9,11-12,30H,10H2,1H3,(H2,32,33,36). The van der Waals surface area contributed by atoms with Crippen LogP contribution in [0.4, 0.5) is 43.9 Å². The number of carbonyl (C=O) groups excluding carboxylic acids is 1. The second-order valence-corrected chi connectivity index (χ2v) is 7.71. The molecule has 0 bridgehead atoms. The predicted octanol–water partition coefficient (Wildman–Crippen LogP) is 5.45. The van der Waals surface area contributed by atoms with Crippen LogP contribution in [0.2, 0.25) is 0 Å². The van der Waals surface area contributed by atoms with E-state index in [2.05, 4.69) is 20.9 Å². The fourth-order valence-electron chi connectivity index (χ4n) is 3.60. The SMILES string of the molecule is CNc1cc2c(CC(F)(F)F)c(=O)n(-c3cc(NC(=O)Nc4ccccc4)c(F)cc3F)cc2cn1. The summed E-state index contributed by atoms with van der Waals surface area (Å²) in [6, 6.07) is 9.88. The maximum atomic E-state index is 14.8. The molecule has 0 unspecified atom stereocenters. The smallest absolute Gasteiger partial charge is 0.373 e. The van der Waals surface area contributed by atoms with Crippen molar-refractivity contribution < 1.29 is 26.7 Å². The number of amides is 2. The largest absolute Gasteiger partial charge is 0.393 e. The molecule has 3 N–H and O–H groups in total. The number of benzene rings is 2. The van der Waals surface area contributed by atoms with Crippen LogP contribution in [0.3, 0.4) is 0 Å². The zero-order valence-electron chi connectivity index (χ0n) is 18.6. The summed E-state index contributed by atoms with van der Waals surface area (Å²) in [6.45, 7) is 0. The Hall–Kier alpha value is -4.48. The Morgan fingerprint density at radius 3 is 2.42 bits per heavy atom. The molecule has 36 heavy (non-hydrogen) atoms. The Kier molecular flexibility index (Phi) is 6.60. The number of anilines is 3. The maximum Gasteiger partial charge on any atom is 0.393 e. The number of aromatic nitrogens is 2. The molecule has 2 aromatic heterocycles. The van der Waals surface area contributed by atoms with Crippen molar-refractivity contribution in [3.8, 4) is 5.69 Å². The summed E-state index contributed by atoms with van der Waals surface area (Å²) in [6.07, 6.45) is -3.99. The Morgan fingerprint density at radius 2 is 1.75 bits per heavy atom. The van der Waals surface area contributed by atoms with Crippen LogP contribution in [0.15, 0.2) is 65.7 Å². The van der Waals surface area contributed by atoms with Gasteiger partial charge in [0.2, 0.25) is 0 Å². The van der Waals surface area contributed by atoms with Crippen molar-refractivity contribution in [2.24, 2.45) is 0 Å². The molecule has 7 nitrogen and oxygen atoms in total. The van der Waals surface area contributed by atoms with Crippen LogP contribution < -0.4 is 21.5 Å². The number of rotatable bonds is 5. The Morgan fingerprint density at radius 1 is 1.03 bits per heavy atom. The molecule has 0 aliphatic carbocycles. The third kappa shape index (κ3) is 5.27. The van der Waals surface area contributed by atoms with E-state index >= 15 is 0 Å². The van der Waals surface area contributed by atoms with Gasteiger partial charge in [0.05, 0.1) is 17.8 Å². The molecular formula is C24H18F5N5O2. The van der Waals surface area contributed by atoms with Gasteiger partial charge >= 0.3 is 12.2 Å². The number of nitrogens with zero attached hydrogens (tertiary/aromatic N) is 2. The predicted molar refractivity (Wildman–Crippen MR) is 126 cm³/mol. The fourth-order valence-corrected chi connectivity index (χ4v) is 3.60. The Labute approximate surface area is 200 Å². The zero-order valence-corrected chi connectivity index (χ0v) is 18.6. The van der Waals surface area contributed by atoms with E-state index in [1.165, 1.54) is 19.3 Å². The zero-order chi connectivity index (χ0) is 26.0. The van der Waals surface area contributed by atoms with Crippen LogP contribution in [-0.4, -0.2) is 28.8 Å². The number of fused-ring (bicyclic) bond motifs is 1. The molecule has 12 heteroatoms. The van der Waals surface area contributed by atoms with Gasteiger partial charge in [0, 0.05) is 42.1 Å². The number of nitrogens with one attached hydrogen (secondary N) is 3. The molecule has 0 saturated heterocycles. The van der Waals surface area contributed by atoms with E-state index in [4.69, 9.17) is 0 Å².